The summed E-state index contributed by atoms with van der Waals surface area (Å²) < 4.78 is 18.5. The number of carbonyl (C=O) groups excluding carboxylic acids is 1. The van der Waals surface area contributed by atoms with E-state index in [1.807, 2.05) is 0 Å². The van der Waals surface area contributed by atoms with E-state index < -0.39 is 29.7 Å². The average Bonchev–Trinajstić information content (AvgIpc) is 2.43. The van der Waals surface area contributed by atoms with Crippen molar-refractivity contribution in [2.75, 3.05) is 7.11 Å². The second kappa shape index (κ2) is 7.59. The molecular formula is C16H20FNO4. The van der Waals surface area contributed by atoms with Crippen LogP contribution >= 0.6 is 0 Å². The molecule has 0 aliphatic heterocycles. The predicted molar refractivity (Wildman–Crippen MR) is 80.1 cm³/mol. The molecule has 1 amide bonds. The molecule has 1 aromatic rings. The number of amides is 1. The Hall–Kier alpha value is -2.37. The van der Waals surface area contributed by atoms with Gasteiger partial charge in [0.2, 0.25) is 5.91 Å². The zero-order chi connectivity index (χ0) is 16.9. The number of halogens is 1. The molecule has 0 fully saturated rings. The maximum atomic E-state index is 13.7. The Kier molecular flexibility index (Phi) is 6.10. The van der Waals surface area contributed by atoms with Crippen molar-refractivity contribution in [2.24, 2.45) is 5.92 Å². The summed E-state index contributed by atoms with van der Waals surface area (Å²) in [5.41, 5.74) is 0.965. The molecule has 22 heavy (non-hydrogen) atoms. The first-order valence-electron chi connectivity index (χ1n) is 6.77. The summed E-state index contributed by atoms with van der Waals surface area (Å²) in [5.74, 6) is -2.78. The van der Waals surface area contributed by atoms with E-state index in [2.05, 4.69) is 11.9 Å². The Morgan fingerprint density at radius 3 is 2.55 bits per heavy atom. The van der Waals surface area contributed by atoms with Crippen LogP contribution in [0.1, 0.15) is 31.9 Å². The monoisotopic (exact) mass is 309 g/mol. The standard InChI is InChI=1S/C16H20FNO4/c1-9(2)7-10(3)15(19)18-14(16(20)21)11-5-6-13(22-4)12(17)8-11/h5-6,8,10,14H,1,7H2,2-4H3,(H,18,19)(H,20,21). The summed E-state index contributed by atoms with van der Waals surface area (Å²) in [4.78, 5) is 23.4. The van der Waals surface area contributed by atoms with Crippen molar-refractivity contribution in [3.8, 4) is 5.75 Å². The van der Waals surface area contributed by atoms with Gasteiger partial charge < -0.3 is 15.2 Å². The van der Waals surface area contributed by atoms with Crippen LogP contribution in [0.3, 0.4) is 0 Å². The number of methoxy groups -OCH3 is 1. The minimum atomic E-state index is -1.32. The third-order valence-corrected chi connectivity index (χ3v) is 3.14. The van der Waals surface area contributed by atoms with Crippen LogP contribution in [0.15, 0.2) is 30.4 Å². The molecule has 0 heterocycles. The molecule has 0 aliphatic carbocycles. The number of nitrogens with one attached hydrogen (secondary N) is 1. The smallest absolute Gasteiger partial charge is 0.330 e. The third kappa shape index (κ3) is 4.58. The van der Waals surface area contributed by atoms with Crippen molar-refractivity contribution in [1.29, 1.82) is 0 Å². The van der Waals surface area contributed by atoms with Gasteiger partial charge in [-0.25, -0.2) is 9.18 Å². The molecule has 120 valence electrons. The molecule has 0 saturated carbocycles. The van der Waals surface area contributed by atoms with Crippen molar-refractivity contribution in [2.45, 2.75) is 26.3 Å². The number of carbonyl (C=O) groups is 2. The largest absolute Gasteiger partial charge is 0.494 e. The van der Waals surface area contributed by atoms with Gasteiger partial charge in [0.25, 0.3) is 0 Å². The minimum absolute atomic E-state index is 0.00913. The summed E-state index contributed by atoms with van der Waals surface area (Å²) in [6.07, 6.45) is 0.454. The molecule has 1 rings (SSSR count). The normalized spacial score (nSPS) is 13.1. The number of hydrogen-bond donors (Lipinski definition) is 2. The molecule has 0 bridgehead atoms. The van der Waals surface area contributed by atoms with Crippen LogP contribution in [-0.2, 0) is 9.59 Å². The van der Waals surface area contributed by atoms with Gasteiger partial charge in [0.1, 0.15) is 0 Å². The van der Waals surface area contributed by atoms with Gasteiger partial charge in [-0.1, -0.05) is 18.6 Å². The number of carboxylic acids is 1. The lowest BCUT2D eigenvalue weighted by Crippen LogP contribution is -2.37. The Labute approximate surface area is 128 Å². The van der Waals surface area contributed by atoms with E-state index in [0.717, 1.165) is 11.6 Å². The quantitative estimate of drug-likeness (QED) is 0.759. The molecule has 0 aromatic heterocycles. The number of carboxylic acid groups (broad SMARTS) is 1. The number of ether oxygens (including phenoxy) is 1. The van der Waals surface area contributed by atoms with Gasteiger partial charge in [-0.2, -0.15) is 0 Å². The molecule has 1 aromatic carbocycles. The Morgan fingerprint density at radius 1 is 1.45 bits per heavy atom. The maximum Gasteiger partial charge on any atom is 0.330 e. The minimum Gasteiger partial charge on any atom is -0.494 e. The number of hydrogen-bond acceptors (Lipinski definition) is 3. The van der Waals surface area contributed by atoms with E-state index in [0.29, 0.717) is 6.42 Å². The summed E-state index contributed by atoms with van der Waals surface area (Å²) >= 11 is 0. The van der Waals surface area contributed by atoms with Crippen LogP contribution in [-0.4, -0.2) is 24.1 Å². The number of rotatable bonds is 7. The molecule has 0 saturated heterocycles. The van der Waals surface area contributed by atoms with Crippen LogP contribution in [0, 0.1) is 11.7 Å². The second-order valence-electron chi connectivity index (χ2n) is 5.24. The number of allylic oxidation sites excluding steroid dienone is 1. The summed E-state index contributed by atoms with van der Waals surface area (Å²) in [6, 6.07) is 2.45. The average molecular weight is 309 g/mol. The lowest BCUT2D eigenvalue weighted by molar-refractivity contribution is -0.142. The molecule has 0 radical (unpaired) electrons. The van der Waals surface area contributed by atoms with E-state index in [4.69, 9.17) is 4.74 Å². The van der Waals surface area contributed by atoms with Crippen LogP contribution in [0.25, 0.3) is 0 Å². The molecule has 2 N–H and O–H groups in total. The lowest BCUT2D eigenvalue weighted by Gasteiger charge is -2.18. The highest BCUT2D eigenvalue weighted by Crippen LogP contribution is 2.23. The number of benzene rings is 1. The van der Waals surface area contributed by atoms with Crippen LogP contribution < -0.4 is 10.1 Å². The van der Waals surface area contributed by atoms with Gasteiger partial charge in [-0.3, -0.25) is 4.79 Å². The van der Waals surface area contributed by atoms with Crippen molar-refractivity contribution in [1.82, 2.24) is 5.32 Å². The summed E-state index contributed by atoms with van der Waals surface area (Å²) in [6.45, 7) is 7.19. The van der Waals surface area contributed by atoms with Gasteiger partial charge in [0, 0.05) is 5.92 Å². The van der Waals surface area contributed by atoms with E-state index in [1.165, 1.54) is 19.2 Å². The fourth-order valence-electron chi connectivity index (χ4n) is 2.05. The van der Waals surface area contributed by atoms with E-state index >= 15 is 0 Å². The topological polar surface area (TPSA) is 75.6 Å². The predicted octanol–water partition coefficient (Wildman–Crippen LogP) is 2.68. The Balaban J connectivity index is 2.95. The highest BCUT2D eigenvalue weighted by Gasteiger charge is 2.25. The van der Waals surface area contributed by atoms with Gasteiger partial charge in [0.05, 0.1) is 7.11 Å². The molecule has 2 atom stereocenters. The SMILES string of the molecule is C=C(C)CC(C)C(=O)NC(C(=O)O)c1ccc(OC)c(F)c1. The van der Waals surface area contributed by atoms with Gasteiger partial charge in [0.15, 0.2) is 17.6 Å². The van der Waals surface area contributed by atoms with Gasteiger partial charge >= 0.3 is 5.97 Å². The van der Waals surface area contributed by atoms with E-state index in [1.54, 1.807) is 13.8 Å². The Morgan fingerprint density at radius 2 is 2.09 bits per heavy atom. The van der Waals surface area contributed by atoms with Crippen molar-refractivity contribution < 1.29 is 23.8 Å². The second-order valence-corrected chi connectivity index (χ2v) is 5.24. The zero-order valence-electron chi connectivity index (χ0n) is 12.9. The van der Waals surface area contributed by atoms with Crippen molar-refractivity contribution in [3.63, 3.8) is 0 Å². The molecule has 5 nitrogen and oxygen atoms in total. The van der Waals surface area contributed by atoms with Crippen molar-refractivity contribution >= 4 is 11.9 Å². The van der Waals surface area contributed by atoms with E-state index in [-0.39, 0.29) is 11.3 Å². The fourth-order valence-corrected chi connectivity index (χ4v) is 2.05. The molecule has 0 aliphatic rings. The van der Waals surface area contributed by atoms with Gasteiger partial charge in [-0.15, -0.1) is 6.58 Å². The molecule has 2 unspecified atom stereocenters. The first-order valence-corrected chi connectivity index (χ1v) is 6.77. The molecule has 0 spiro atoms. The third-order valence-electron chi connectivity index (χ3n) is 3.14. The summed E-state index contributed by atoms with van der Waals surface area (Å²) in [7, 11) is 1.31. The first-order chi connectivity index (χ1) is 10.3. The van der Waals surface area contributed by atoms with Gasteiger partial charge in [-0.05, 0) is 31.0 Å². The highest BCUT2D eigenvalue weighted by atomic mass is 19.1. The van der Waals surface area contributed by atoms with E-state index in [9.17, 15) is 19.1 Å². The van der Waals surface area contributed by atoms with Crippen molar-refractivity contribution in [3.05, 3.63) is 41.7 Å². The lowest BCUT2D eigenvalue weighted by atomic mass is 10.0. The molecular weight excluding hydrogens is 289 g/mol. The van der Waals surface area contributed by atoms with Crippen LogP contribution in [0.2, 0.25) is 0 Å². The number of aliphatic carboxylic acids is 1. The fraction of sp³-hybridized carbons (Fsp3) is 0.375. The van der Waals surface area contributed by atoms with Crippen LogP contribution in [0.5, 0.6) is 5.75 Å². The highest BCUT2D eigenvalue weighted by molar-refractivity contribution is 5.85. The molecule has 6 heteroatoms. The summed E-state index contributed by atoms with van der Waals surface area (Å²) in [5, 5.41) is 11.7. The maximum absolute atomic E-state index is 13.7. The van der Waals surface area contributed by atoms with Crippen LogP contribution in [0.4, 0.5) is 4.39 Å². The Bertz CT molecular complexity index is 586. The first kappa shape index (κ1) is 17.7. The zero-order valence-corrected chi connectivity index (χ0v) is 12.9.